The van der Waals surface area contributed by atoms with Crippen LogP contribution in [0.25, 0.3) is 11.1 Å². The van der Waals surface area contributed by atoms with E-state index in [2.05, 4.69) is 0 Å². The fraction of sp³-hybridized carbons (Fsp3) is 0.222. The normalized spacial score (nSPS) is 14.5. The number of morpholine rings is 1. The standard InChI is InChI=1S/C18H18N2O3/c19-17(21)14-6-7-15(13-4-2-1-3-5-13)16(12-14)18(22)20-8-10-23-11-9-20/h1-7,12H,8-11H2,(H2,19,21). The van der Waals surface area contributed by atoms with Crippen LogP contribution in [-0.4, -0.2) is 43.0 Å². The first-order valence-corrected chi connectivity index (χ1v) is 7.53. The van der Waals surface area contributed by atoms with E-state index in [4.69, 9.17) is 10.5 Å². The lowest BCUT2D eigenvalue weighted by Gasteiger charge is -2.27. The largest absolute Gasteiger partial charge is 0.378 e. The highest BCUT2D eigenvalue weighted by atomic mass is 16.5. The minimum absolute atomic E-state index is 0.102. The van der Waals surface area contributed by atoms with Crippen LogP contribution in [0.3, 0.4) is 0 Å². The molecule has 0 atom stereocenters. The van der Waals surface area contributed by atoms with Crippen LogP contribution in [0.15, 0.2) is 48.5 Å². The molecule has 1 fully saturated rings. The van der Waals surface area contributed by atoms with Crippen molar-refractivity contribution in [3.8, 4) is 11.1 Å². The van der Waals surface area contributed by atoms with Crippen molar-refractivity contribution in [2.75, 3.05) is 26.3 Å². The maximum Gasteiger partial charge on any atom is 0.254 e. The second kappa shape index (κ2) is 6.62. The predicted molar refractivity (Wildman–Crippen MR) is 87.1 cm³/mol. The van der Waals surface area contributed by atoms with Crippen LogP contribution in [0.2, 0.25) is 0 Å². The first-order valence-electron chi connectivity index (χ1n) is 7.53. The lowest BCUT2D eigenvalue weighted by Crippen LogP contribution is -2.41. The van der Waals surface area contributed by atoms with Crippen molar-refractivity contribution in [3.05, 3.63) is 59.7 Å². The Balaban J connectivity index is 2.05. The van der Waals surface area contributed by atoms with Crippen molar-refractivity contribution in [3.63, 3.8) is 0 Å². The van der Waals surface area contributed by atoms with Gasteiger partial charge in [0.05, 0.1) is 13.2 Å². The number of ether oxygens (including phenoxy) is 1. The van der Waals surface area contributed by atoms with Gasteiger partial charge in [-0.15, -0.1) is 0 Å². The molecule has 0 saturated carbocycles. The topological polar surface area (TPSA) is 72.6 Å². The van der Waals surface area contributed by atoms with Gasteiger partial charge in [0.15, 0.2) is 0 Å². The van der Waals surface area contributed by atoms with E-state index in [0.29, 0.717) is 37.4 Å². The fourth-order valence-corrected chi connectivity index (χ4v) is 2.68. The first-order chi connectivity index (χ1) is 11.2. The molecule has 118 valence electrons. The van der Waals surface area contributed by atoms with Gasteiger partial charge in [-0.05, 0) is 23.3 Å². The van der Waals surface area contributed by atoms with E-state index in [-0.39, 0.29) is 5.91 Å². The van der Waals surface area contributed by atoms with Crippen LogP contribution in [0.4, 0.5) is 0 Å². The second-order valence-electron chi connectivity index (χ2n) is 5.40. The number of carbonyl (C=O) groups excluding carboxylic acids is 2. The Morgan fingerprint density at radius 1 is 1.00 bits per heavy atom. The van der Waals surface area contributed by atoms with Crippen molar-refractivity contribution in [2.24, 2.45) is 5.73 Å². The summed E-state index contributed by atoms with van der Waals surface area (Å²) in [7, 11) is 0. The number of hydrogen-bond acceptors (Lipinski definition) is 3. The molecule has 1 aliphatic rings. The smallest absolute Gasteiger partial charge is 0.254 e. The summed E-state index contributed by atoms with van der Waals surface area (Å²) in [5, 5.41) is 0. The van der Waals surface area contributed by atoms with Crippen molar-refractivity contribution in [1.82, 2.24) is 4.90 Å². The number of primary amides is 1. The molecule has 2 aromatic rings. The van der Waals surface area contributed by atoms with Crippen LogP contribution in [0.1, 0.15) is 20.7 Å². The molecule has 1 heterocycles. The van der Waals surface area contributed by atoms with Gasteiger partial charge in [-0.25, -0.2) is 0 Å². The summed E-state index contributed by atoms with van der Waals surface area (Å²) in [6, 6.07) is 14.7. The second-order valence-corrected chi connectivity index (χ2v) is 5.40. The number of amides is 2. The molecule has 0 bridgehead atoms. The van der Waals surface area contributed by atoms with E-state index in [1.807, 2.05) is 30.3 Å². The van der Waals surface area contributed by atoms with Crippen LogP contribution < -0.4 is 5.73 Å². The Morgan fingerprint density at radius 2 is 1.70 bits per heavy atom. The van der Waals surface area contributed by atoms with E-state index >= 15 is 0 Å². The summed E-state index contributed by atoms with van der Waals surface area (Å²) in [5.74, 6) is -0.643. The van der Waals surface area contributed by atoms with Crippen LogP contribution in [0, 0.1) is 0 Å². The third-order valence-electron chi connectivity index (χ3n) is 3.92. The lowest BCUT2D eigenvalue weighted by atomic mass is 9.96. The third-order valence-corrected chi connectivity index (χ3v) is 3.92. The summed E-state index contributed by atoms with van der Waals surface area (Å²) >= 11 is 0. The number of nitrogens with two attached hydrogens (primary N) is 1. The predicted octanol–water partition coefficient (Wildman–Crippen LogP) is 1.92. The number of rotatable bonds is 3. The Bertz CT molecular complexity index is 722. The van der Waals surface area contributed by atoms with E-state index < -0.39 is 5.91 Å². The van der Waals surface area contributed by atoms with Gasteiger partial charge in [-0.1, -0.05) is 36.4 Å². The highest BCUT2D eigenvalue weighted by Gasteiger charge is 2.22. The summed E-state index contributed by atoms with van der Waals surface area (Å²) in [5.41, 5.74) is 7.92. The van der Waals surface area contributed by atoms with Crippen molar-refractivity contribution < 1.29 is 14.3 Å². The van der Waals surface area contributed by atoms with Gasteiger partial charge >= 0.3 is 0 Å². The zero-order valence-corrected chi connectivity index (χ0v) is 12.7. The summed E-state index contributed by atoms with van der Waals surface area (Å²) in [4.78, 5) is 26.1. The maximum absolute atomic E-state index is 12.9. The fourth-order valence-electron chi connectivity index (χ4n) is 2.68. The minimum Gasteiger partial charge on any atom is -0.378 e. The molecule has 0 spiro atoms. The van der Waals surface area contributed by atoms with Crippen molar-refractivity contribution in [1.29, 1.82) is 0 Å². The molecule has 0 aromatic heterocycles. The Morgan fingerprint density at radius 3 is 2.35 bits per heavy atom. The van der Waals surface area contributed by atoms with Crippen molar-refractivity contribution in [2.45, 2.75) is 0 Å². The summed E-state index contributed by atoms with van der Waals surface area (Å²) < 4.78 is 5.29. The number of carbonyl (C=O) groups is 2. The van der Waals surface area contributed by atoms with Gasteiger partial charge in [-0.2, -0.15) is 0 Å². The third kappa shape index (κ3) is 3.24. The van der Waals surface area contributed by atoms with Crippen molar-refractivity contribution >= 4 is 11.8 Å². The van der Waals surface area contributed by atoms with Crippen LogP contribution in [-0.2, 0) is 4.74 Å². The van der Waals surface area contributed by atoms with Gasteiger partial charge in [0.1, 0.15) is 0 Å². The molecule has 5 heteroatoms. The molecular weight excluding hydrogens is 292 g/mol. The monoisotopic (exact) mass is 310 g/mol. The zero-order chi connectivity index (χ0) is 16.2. The first kappa shape index (κ1) is 15.2. The van der Waals surface area contributed by atoms with Gasteiger partial charge in [0.2, 0.25) is 5.91 Å². The van der Waals surface area contributed by atoms with Crippen LogP contribution >= 0.6 is 0 Å². The SMILES string of the molecule is NC(=O)c1ccc(-c2ccccc2)c(C(=O)N2CCOCC2)c1. The molecule has 0 unspecified atom stereocenters. The molecule has 0 radical (unpaired) electrons. The molecule has 2 amide bonds. The van der Waals surface area contributed by atoms with E-state index in [1.54, 1.807) is 23.1 Å². The molecule has 23 heavy (non-hydrogen) atoms. The quantitative estimate of drug-likeness (QED) is 0.941. The highest BCUT2D eigenvalue weighted by Crippen LogP contribution is 2.26. The van der Waals surface area contributed by atoms with Gasteiger partial charge in [0, 0.05) is 24.2 Å². The molecule has 3 rings (SSSR count). The number of hydrogen-bond donors (Lipinski definition) is 1. The highest BCUT2D eigenvalue weighted by molar-refractivity contribution is 6.04. The van der Waals surface area contributed by atoms with Gasteiger partial charge in [0.25, 0.3) is 5.91 Å². The molecule has 5 nitrogen and oxygen atoms in total. The zero-order valence-electron chi connectivity index (χ0n) is 12.7. The number of benzene rings is 2. The Hall–Kier alpha value is -2.66. The maximum atomic E-state index is 12.9. The molecule has 2 aromatic carbocycles. The minimum atomic E-state index is -0.541. The molecule has 1 aliphatic heterocycles. The number of nitrogens with zero attached hydrogens (tertiary/aromatic N) is 1. The molecule has 0 aliphatic carbocycles. The molecule has 2 N–H and O–H groups in total. The average molecular weight is 310 g/mol. The van der Waals surface area contributed by atoms with Crippen LogP contribution in [0.5, 0.6) is 0 Å². The van der Waals surface area contributed by atoms with Gasteiger partial charge < -0.3 is 15.4 Å². The van der Waals surface area contributed by atoms with E-state index in [9.17, 15) is 9.59 Å². The summed E-state index contributed by atoms with van der Waals surface area (Å²) in [6.45, 7) is 2.16. The van der Waals surface area contributed by atoms with E-state index in [0.717, 1.165) is 11.1 Å². The van der Waals surface area contributed by atoms with Gasteiger partial charge in [-0.3, -0.25) is 9.59 Å². The average Bonchev–Trinajstić information content (AvgIpc) is 2.62. The Labute approximate surface area is 134 Å². The Kier molecular flexibility index (Phi) is 4.39. The summed E-state index contributed by atoms with van der Waals surface area (Å²) in [6.07, 6.45) is 0. The van der Waals surface area contributed by atoms with E-state index in [1.165, 1.54) is 0 Å². The molecular formula is C18H18N2O3. The lowest BCUT2D eigenvalue weighted by molar-refractivity contribution is 0.0303. The molecule has 1 saturated heterocycles.